The Labute approximate surface area is 511 Å². The van der Waals surface area contributed by atoms with Crippen molar-refractivity contribution in [1.29, 1.82) is 0 Å². The fourth-order valence-corrected chi connectivity index (χ4v) is 9.20. The Kier molecular flexibility index (Phi) is 37.0. The first-order valence-electron chi connectivity index (χ1n) is 23.2. The number of carbonyl (C=O) groups excluding carboxylic acids is 1. The molecule has 10 N–H and O–H groups in total. The summed E-state index contributed by atoms with van der Waals surface area (Å²) in [6.07, 6.45) is 9.66. The van der Waals surface area contributed by atoms with Crippen molar-refractivity contribution in [3.8, 4) is 0 Å². The fraction of sp³-hybridized carbons (Fsp3) is 0.500. The van der Waals surface area contributed by atoms with Crippen LogP contribution in [0.5, 0.6) is 0 Å². The minimum atomic E-state index is -0.701. The molecule has 8 atom stereocenters. The van der Waals surface area contributed by atoms with Crippen LogP contribution >= 0.6 is 97.2 Å². The number of aryl methyl sites for hydroxylation is 3. The zero-order valence-corrected chi connectivity index (χ0v) is 54.7. The fourth-order valence-electron chi connectivity index (χ4n) is 9.20. The second-order valence-corrected chi connectivity index (χ2v) is 68.9. The predicted molar refractivity (Wildman–Crippen MR) is 349 cm³/mol. The van der Waals surface area contributed by atoms with Crippen LogP contribution in [0.2, 0.25) is 0 Å². The normalized spacial score (nSPS) is 19.9. The van der Waals surface area contributed by atoms with E-state index >= 15 is 0 Å². The van der Waals surface area contributed by atoms with Crippen LogP contribution in [-0.2, 0) is 29.3 Å². The van der Waals surface area contributed by atoms with E-state index in [1.165, 1.54) is 13.0 Å². The number of H-pyrrole nitrogens is 3. The Morgan fingerprint density at radius 2 is 1.07 bits per heavy atom. The molecule has 6 aromatic rings. The number of aromatic nitrogens is 6. The van der Waals surface area contributed by atoms with Gasteiger partial charge < -0.3 is 46.6 Å². The molecule has 0 saturated heterocycles. The second-order valence-electron chi connectivity index (χ2n) is 17.2. The summed E-state index contributed by atoms with van der Waals surface area (Å²) in [7, 11) is 0. The van der Waals surface area contributed by atoms with Crippen LogP contribution in [0.4, 0.5) is 0 Å². The average molecular weight is 1760 g/mol. The summed E-state index contributed by atoms with van der Waals surface area (Å²) in [5.74, 6) is 0.109. The number of aliphatic hydroxyl groups excluding tert-OH is 3. The first kappa shape index (κ1) is 74.3. The number of allylic oxidation sites excluding steroid dienone is 3. The molecule has 0 radical (unpaired) electrons. The van der Waals surface area contributed by atoms with E-state index in [0.29, 0.717) is 51.8 Å². The Hall–Kier alpha value is -0.656. The van der Waals surface area contributed by atoms with Crippen LogP contribution in [0.25, 0.3) is 33.1 Å². The maximum absolute atomic E-state index is 12.1. The van der Waals surface area contributed by atoms with Gasteiger partial charge in [0.1, 0.15) is 0 Å². The van der Waals surface area contributed by atoms with Gasteiger partial charge in [-0.3, -0.25) is 18.5 Å². The molecule has 0 spiro atoms. The van der Waals surface area contributed by atoms with E-state index < -0.39 is 18.3 Å². The molecule has 75 heavy (non-hydrogen) atoms. The molecule has 0 fully saturated rings. The number of para-hydroxylation sites is 3. The van der Waals surface area contributed by atoms with Gasteiger partial charge in [-0.1, -0.05) is 97.7 Å². The number of halogens is 6. The Bertz CT molecular complexity index is 2880. The third kappa shape index (κ3) is 21.0. The van der Waals surface area contributed by atoms with Crippen LogP contribution in [0.1, 0.15) is 138 Å². The summed E-state index contributed by atoms with van der Waals surface area (Å²) >= 11 is 12.7. The van der Waals surface area contributed by atoms with Crippen molar-refractivity contribution in [3.05, 3.63) is 127 Å². The van der Waals surface area contributed by atoms with E-state index in [4.69, 9.17) is 5.73 Å². The standard InChI is InChI=1S/C16H23N3O2.C16H21N3O2.C11H13N3O2.C5H8O.4CH4.I3.3HI.V/c2*1-3-5-10(2)17-13-8-9-19-14-11(15(13)20)6-4-7-12(14)18-16(19)21;12-7-4-5-14-9-6(10(7)15)2-1-3-8(9)13-11(14)16;1-3-4-5(2)6;;;;;1-3-2;;;;/h4,6-7,10,13,15,17,20H,3,5,8-9H2,1-2H3,(H,18,21);3-7,10,13,15,17,20H,8-9H2,1-2H3,(H,18,21);1-3,7,10,15H,4-5,12H2,(H,13,16);3-4H,1-2H3;4*1H4;;3*1H;/q;;;;;;;;-1;;;;+3/p-3/b;5-3+;;4-3+;;;;;;;;;/t2*10?,13-,15-;7-,10-;;;;;;;;;;/m111........../s1. The summed E-state index contributed by atoms with van der Waals surface area (Å²) in [6, 6.07) is 17.0. The molecule has 0 bridgehead atoms. The van der Waals surface area contributed by atoms with Crippen molar-refractivity contribution in [1.82, 2.24) is 39.3 Å². The molecule has 0 aliphatic carbocycles. The Morgan fingerprint density at radius 3 is 1.40 bits per heavy atom. The first-order valence-corrected chi connectivity index (χ1v) is 49.3. The summed E-state index contributed by atoms with van der Waals surface area (Å²) < 4.78 is 5.14. The van der Waals surface area contributed by atoms with Crippen molar-refractivity contribution in [2.24, 2.45) is 5.73 Å². The molecule has 2 unspecified atom stereocenters. The third-order valence-electron chi connectivity index (χ3n) is 12.2. The zero-order chi connectivity index (χ0) is 52.5. The monoisotopic (exact) mass is 1760 g/mol. The number of nitrogens with two attached hydrogens (primary N) is 1. The molecular weight excluding hydrogens is 1670 g/mol. The van der Waals surface area contributed by atoms with E-state index in [-0.39, 0.29) is 81.6 Å². The van der Waals surface area contributed by atoms with Gasteiger partial charge in [0.15, 0.2) is 5.78 Å². The number of aliphatic hydroxyl groups is 3. The van der Waals surface area contributed by atoms with Crippen molar-refractivity contribution in [2.45, 2.75) is 172 Å². The minimum absolute atomic E-state index is 0. The molecule has 424 valence electrons. The predicted octanol–water partition coefficient (Wildman–Crippen LogP) is 8.82. The van der Waals surface area contributed by atoms with Crippen LogP contribution in [-0.4, -0.2) is 80.0 Å². The molecule has 3 aromatic carbocycles. The second kappa shape index (κ2) is 37.4. The van der Waals surface area contributed by atoms with E-state index in [1.54, 1.807) is 19.8 Å². The number of imidazole rings is 3. The number of carbonyl (C=O) groups is 1. The summed E-state index contributed by atoms with van der Waals surface area (Å²) in [5.41, 5.74) is 12.7. The molecule has 6 heterocycles. The quantitative estimate of drug-likeness (QED) is 0.0399. The van der Waals surface area contributed by atoms with Crippen molar-refractivity contribution in [3.63, 3.8) is 0 Å². The van der Waals surface area contributed by atoms with Crippen LogP contribution in [0.15, 0.2) is 93.3 Å². The molecule has 0 amide bonds. The molecule has 3 aliphatic heterocycles. The van der Waals surface area contributed by atoms with Gasteiger partial charge in [-0.05, 0) is 84.6 Å². The third-order valence-corrected chi connectivity index (χ3v) is 12.2. The maximum atomic E-state index is 12.1. The molecule has 3 aliphatic rings. The molecule has 9 rings (SSSR count). The van der Waals surface area contributed by atoms with Crippen molar-refractivity contribution < 1.29 is 38.3 Å². The van der Waals surface area contributed by atoms with Crippen LogP contribution in [0.3, 0.4) is 0 Å². The Morgan fingerprint density at radius 1 is 0.707 bits per heavy atom. The van der Waals surface area contributed by atoms with Crippen molar-refractivity contribution >= 4 is 136 Å². The van der Waals surface area contributed by atoms with Crippen LogP contribution in [0, 0.1) is 0 Å². The van der Waals surface area contributed by atoms with E-state index in [9.17, 15) is 34.5 Å². The number of benzene rings is 3. The Balaban J connectivity index is 0.000000962. The van der Waals surface area contributed by atoms with Gasteiger partial charge in [0, 0.05) is 66.5 Å². The van der Waals surface area contributed by atoms with E-state index in [1.807, 2.05) is 74.5 Å². The molecule has 23 heteroatoms. The zero-order valence-electron chi connectivity index (χ0n) is 40.4. The SMILES string of the molecule is C.C.C.C.C/C=C/C(C)=O.C/C=C/C(C)N[C@@H]1CCn2c(=O)[nH]c3cccc(c32)[C@H]1O.CCCC(C)N[C@@H]1CCn2c(=O)[nH]c3cccc(c32)[C@H]1O.I[I-]I.N[C@@H]1CCn2c(=O)[nH]c3cccc(c32)[C@H]1O.[I][V]([I])[I]. The summed E-state index contributed by atoms with van der Waals surface area (Å²) in [5, 5.41) is 38.5. The van der Waals surface area contributed by atoms with Gasteiger partial charge >= 0.3 is 132 Å². The number of nitrogens with zero attached hydrogens (tertiary/aromatic N) is 3. The molecule has 0 saturated carbocycles. The van der Waals surface area contributed by atoms with E-state index in [2.05, 4.69) is 150 Å². The van der Waals surface area contributed by atoms with Gasteiger partial charge in [-0.2, -0.15) is 0 Å². The van der Waals surface area contributed by atoms with Gasteiger partial charge in [-0.25, -0.2) is 14.4 Å². The average Bonchev–Trinajstić information content (AvgIpc) is 3.84. The molecule has 16 nitrogen and oxygen atoms in total. The number of rotatable bonds is 8. The number of aromatic amines is 3. The van der Waals surface area contributed by atoms with Crippen molar-refractivity contribution in [2.75, 3.05) is 0 Å². The van der Waals surface area contributed by atoms with Crippen LogP contribution < -0.4 is 46.7 Å². The summed E-state index contributed by atoms with van der Waals surface area (Å²) in [6.45, 7) is 13.5. The van der Waals surface area contributed by atoms with Gasteiger partial charge in [0.25, 0.3) is 0 Å². The number of ketones is 1. The van der Waals surface area contributed by atoms with Gasteiger partial charge in [0.2, 0.25) is 0 Å². The van der Waals surface area contributed by atoms with Gasteiger partial charge in [0.05, 0.1) is 51.4 Å². The topological polar surface area (TPSA) is 241 Å². The van der Waals surface area contributed by atoms with E-state index in [0.717, 1.165) is 69.1 Å². The molecule has 3 aromatic heterocycles. The van der Waals surface area contributed by atoms with Gasteiger partial charge in [-0.15, -0.1) is 0 Å². The first-order chi connectivity index (χ1) is 33.8. The summed E-state index contributed by atoms with van der Waals surface area (Å²) in [4.78, 5) is 54.0. The number of hydrogen-bond donors (Lipinski definition) is 9. The number of hydrogen-bond acceptors (Lipinski definition) is 10. The molecular formula is C52H81I6N9O7V-. The number of nitrogens with one attached hydrogen (secondary N) is 5.